The molecule has 16 heavy (non-hydrogen) atoms. The van der Waals surface area contributed by atoms with Gasteiger partial charge in [0, 0.05) is 20.1 Å². The Balaban J connectivity index is 2.60. The molecule has 0 saturated carbocycles. The summed E-state index contributed by atoms with van der Waals surface area (Å²) < 4.78 is 0. The second kappa shape index (κ2) is 6.24. The first-order valence-electron chi connectivity index (χ1n) is 6.62. The molecule has 1 aliphatic heterocycles. The van der Waals surface area contributed by atoms with E-state index in [0.29, 0.717) is 5.91 Å². The van der Waals surface area contributed by atoms with E-state index < -0.39 is 0 Å². The molecule has 1 fully saturated rings. The van der Waals surface area contributed by atoms with Gasteiger partial charge in [0.2, 0.25) is 5.91 Å². The number of rotatable bonds is 5. The van der Waals surface area contributed by atoms with Crippen LogP contribution in [0, 0.1) is 5.41 Å². The van der Waals surface area contributed by atoms with Crippen LogP contribution in [0.25, 0.3) is 0 Å². The Labute approximate surface area is 99.6 Å². The molecular formula is C13H26N2O. The molecule has 3 nitrogen and oxygen atoms in total. The molecule has 0 bridgehead atoms. The molecule has 1 heterocycles. The lowest BCUT2D eigenvalue weighted by atomic mass is 9.77. The summed E-state index contributed by atoms with van der Waals surface area (Å²) in [6, 6.07) is 0. The average molecular weight is 226 g/mol. The van der Waals surface area contributed by atoms with Gasteiger partial charge in [0.05, 0.1) is 5.41 Å². The fourth-order valence-corrected chi connectivity index (χ4v) is 2.51. The summed E-state index contributed by atoms with van der Waals surface area (Å²) in [6.45, 7) is 7.12. The molecule has 1 atom stereocenters. The van der Waals surface area contributed by atoms with Crippen LogP contribution < -0.4 is 5.32 Å². The number of hydrogen-bond donors (Lipinski definition) is 1. The highest BCUT2D eigenvalue weighted by molar-refractivity contribution is 5.82. The summed E-state index contributed by atoms with van der Waals surface area (Å²) in [5.74, 6) is 0.343. The monoisotopic (exact) mass is 226 g/mol. The lowest BCUT2D eigenvalue weighted by molar-refractivity contribution is -0.142. The average Bonchev–Trinajstić information content (AvgIpc) is 2.35. The molecule has 0 aromatic heterocycles. The van der Waals surface area contributed by atoms with E-state index in [4.69, 9.17) is 0 Å². The van der Waals surface area contributed by atoms with Gasteiger partial charge in [0.1, 0.15) is 0 Å². The van der Waals surface area contributed by atoms with Gasteiger partial charge in [-0.05, 0) is 32.2 Å². The van der Waals surface area contributed by atoms with Crippen molar-refractivity contribution in [2.45, 2.75) is 46.0 Å². The molecule has 0 aliphatic carbocycles. The number of carbonyl (C=O) groups excluding carboxylic acids is 1. The van der Waals surface area contributed by atoms with Crippen LogP contribution >= 0.6 is 0 Å². The van der Waals surface area contributed by atoms with Crippen LogP contribution in [0.4, 0.5) is 0 Å². The molecule has 1 aliphatic rings. The Kier molecular flexibility index (Phi) is 5.26. The fourth-order valence-electron chi connectivity index (χ4n) is 2.51. The van der Waals surface area contributed by atoms with E-state index in [2.05, 4.69) is 19.2 Å². The zero-order valence-electron chi connectivity index (χ0n) is 11.0. The van der Waals surface area contributed by atoms with Crippen molar-refractivity contribution < 1.29 is 4.79 Å². The molecule has 0 radical (unpaired) electrons. The number of nitrogens with zero attached hydrogens (tertiary/aromatic N) is 1. The van der Waals surface area contributed by atoms with E-state index in [1.54, 1.807) is 0 Å². The first kappa shape index (κ1) is 13.5. The quantitative estimate of drug-likeness (QED) is 0.778. The van der Waals surface area contributed by atoms with Crippen LogP contribution in [0.15, 0.2) is 0 Å². The Morgan fingerprint density at radius 3 is 2.69 bits per heavy atom. The van der Waals surface area contributed by atoms with Crippen LogP contribution in [0.3, 0.4) is 0 Å². The van der Waals surface area contributed by atoms with Gasteiger partial charge < -0.3 is 10.2 Å². The van der Waals surface area contributed by atoms with Crippen LogP contribution in [-0.2, 0) is 4.79 Å². The number of nitrogens with one attached hydrogen (secondary N) is 1. The third kappa shape index (κ3) is 2.97. The molecule has 0 aromatic carbocycles. The summed E-state index contributed by atoms with van der Waals surface area (Å²) in [7, 11) is 1.95. The topological polar surface area (TPSA) is 32.3 Å². The molecule has 3 heteroatoms. The first-order valence-corrected chi connectivity index (χ1v) is 6.62. The number of unbranched alkanes of at least 4 members (excludes halogenated alkanes) is 1. The standard InChI is InChI=1S/C13H26N2O/c1-4-6-10-15(3)12(16)13(5-2)8-7-9-14-11-13/h14H,4-11H2,1-3H3. The lowest BCUT2D eigenvalue weighted by Gasteiger charge is -2.38. The second-order valence-electron chi connectivity index (χ2n) is 4.99. The summed E-state index contributed by atoms with van der Waals surface area (Å²) in [5, 5.41) is 3.37. The second-order valence-corrected chi connectivity index (χ2v) is 4.99. The molecule has 1 N–H and O–H groups in total. The van der Waals surface area contributed by atoms with Gasteiger partial charge in [0.25, 0.3) is 0 Å². The lowest BCUT2D eigenvalue weighted by Crippen LogP contribution is -2.50. The van der Waals surface area contributed by atoms with E-state index in [0.717, 1.165) is 51.7 Å². The number of piperidine rings is 1. The van der Waals surface area contributed by atoms with Crippen LogP contribution in [-0.4, -0.2) is 37.5 Å². The fraction of sp³-hybridized carbons (Fsp3) is 0.923. The first-order chi connectivity index (χ1) is 7.66. The highest BCUT2D eigenvalue weighted by Crippen LogP contribution is 2.32. The Bertz CT molecular complexity index is 222. The molecule has 1 unspecified atom stereocenters. The summed E-state index contributed by atoms with van der Waals surface area (Å²) in [5.41, 5.74) is -0.124. The predicted molar refractivity (Wildman–Crippen MR) is 67.4 cm³/mol. The third-order valence-electron chi connectivity index (χ3n) is 3.80. The molecule has 1 amide bonds. The maximum absolute atomic E-state index is 12.4. The number of carbonyl (C=O) groups is 1. The minimum Gasteiger partial charge on any atom is -0.345 e. The van der Waals surface area contributed by atoms with Gasteiger partial charge in [-0.2, -0.15) is 0 Å². The van der Waals surface area contributed by atoms with Crippen molar-refractivity contribution >= 4 is 5.91 Å². The van der Waals surface area contributed by atoms with Crippen LogP contribution in [0.2, 0.25) is 0 Å². The molecular weight excluding hydrogens is 200 g/mol. The largest absolute Gasteiger partial charge is 0.345 e. The SMILES string of the molecule is CCCCN(C)C(=O)C1(CC)CCCNC1. The van der Waals surface area contributed by atoms with Crippen molar-refractivity contribution in [2.75, 3.05) is 26.7 Å². The summed E-state index contributed by atoms with van der Waals surface area (Å²) >= 11 is 0. The van der Waals surface area contributed by atoms with Crippen molar-refractivity contribution in [1.29, 1.82) is 0 Å². The normalized spacial score (nSPS) is 25.4. The van der Waals surface area contributed by atoms with Crippen molar-refractivity contribution in [2.24, 2.45) is 5.41 Å². The van der Waals surface area contributed by atoms with Gasteiger partial charge in [-0.15, -0.1) is 0 Å². The Hall–Kier alpha value is -0.570. The highest BCUT2D eigenvalue weighted by atomic mass is 16.2. The number of hydrogen-bond acceptors (Lipinski definition) is 2. The molecule has 1 saturated heterocycles. The Morgan fingerprint density at radius 2 is 2.19 bits per heavy atom. The van der Waals surface area contributed by atoms with Gasteiger partial charge in [-0.1, -0.05) is 20.3 Å². The zero-order chi connectivity index (χ0) is 12.0. The minimum absolute atomic E-state index is 0.124. The maximum Gasteiger partial charge on any atom is 0.229 e. The van der Waals surface area contributed by atoms with Crippen LogP contribution in [0.5, 0.6) is 0 Å². The van der Waals surface area contributed by atoms with Gasteiger partial charge in [0.15, 0.2) is 0 Å². The third-order valence-corrected chi connectivity index (χ3v) is 3.80. The van der Waals surface area contributed by atoms with Gasteiger partial charge in [-0.3, -0.25) is 4.79 Å². The zero-order valence-corrected chi connectivity index (χ0v) is 11.0. The summed E-state index contributed by atoms with van der Waals surface area (Å²) in [4.78, 5) is 14.4. The highest BCUT2D eigenvalue weighted by Gasteiger charge is 2.39. The van der Waals surface area contributed by atoms with Crippen molar-refractivity contribution in [3.63, 3.8) is 0 Å². The van der Waals surface area contributed by atoms with E-state index in [1.807, 2.05) is 11.9 Å². The molecule has 0 spiro atoms. The molecule has 0 aromatic rings. The minimum atomic E-state index is -0.124. The Morgan fingerprint density at radius 1 is 1.44 bits per heavy atom. The van der Waals surface area contributed by atoms with Gasteiger partial charge >= 0.3 is 0 Å². The van der Waals surface area contributed by atoms with Crippen molar-refractivity contribution in [3.8, 4) is 0 Å². The maximum atomic E-state index is 12.4. The van der Waals surface area contributed by atoms with Crippen LogP contribution in [0.1, 0.15) is 46.0 Å². The van der Waals surface area contributed by atoms with E-state index in [1.165, 1.54) is 0 Å². The molecule has 1 rings (SSSR count). The smallest absolute Gasteiger partial charge is 0.229 e. The predicted octanol–water partition coefficient (Wildman–Crippen LogP) is 2.02. The van der Waals surface area contributed by atoms with E-state index >= 15 is 0 Å². The number of amides is 1. The molecule has 94 valence electrons. The van der Waals surface area contributed by atoms with Crippen molar-refractivity contribution in [1.82, 2.24) is 10.2 Å². The van der Waals surface area contributed by atoms with Crippen molar-refractivity contribution in [3.05, 3.63) is 0 Å². The van der Waals surface area contributed by atoms with E-state index in [9.17, 15) is 4.79 Å². The summed E-state index contributed by atoms with van der Waals surface area (Å²) in [6.07, 6.45) is 5.38. The van der Waals surface area contributed by atoms with Gasteiger partial charge in [-0.25, -0.2) is 0 Å². The van der Waals surface area contributed by atoms with E-state index in [-0.39, 0.29) is 5.41 Å².